The lowest BCUT2D eigenvalue weighted by Gasteiger charge is -2.08. The van der Waals surface area contributed by atoms with Crippen LogP contribution >= 0.6 is 11.3 Å². The van der Waals surface area contributed by atoms with Gasteiger partial charge in [0.2, 0.25) is 11.7 Å². The maximum atomic E-state index is 12.4. The van der Waals surface area contributed by atoms with Crippen molar-refractivity contribution in [2.45, 2.75) is 27.3 Å². The topological polar surface area (TPSA) is 85.6 Å². The highest BCUT2D eigenvalue weighted by molar-refractivity contribution is 7.14. The van der Waals surface area contributed by atoms with Crippen LogP contribution in [0.3, 0.4) is 0 Å². The van der Waals surface area contributed by atoms with Crippen LogP contribution in [-0.4, -0.2) is 31.1 Å². The van der Waals surface area contributed by atoms with E-state index in [-0.39, 0.29) is 12.5 Å². The number of aromatic nitrogens is 5. The number of benzene rings is 2. The standard InChI is InChI=1S/C21H20N6OS/c1-13-9-14(2)19(15(3)10-13)17-12-29-21(22-17)23-18(28)11-27-25-20(24-26-27)16-7-5-4-6-8-16/h4-10,12H,11H2,1-3H3,(H,22,23,28). The largest absolute Gasteiger partial charge is 0.300 e. The van der Waals surface area contributed by atoms with Crippen LogP contribution in [-0.2, 0) is 11.3 Å². The van der Waals surface area contributed by atoms with Crippen molar-refractivity contribution >= 4 is 22.4 Å². The molecular formula is C21H20N6OS. The molecule has 2 aromatic carbocycles. The number of hydrogen-bond donors (Lipinski definition) is 1. The van der Waals surface area contributed by atoms with Gasteiger partial charge in [-0.15, -0.1) is 21.5 Å². The molecule has 4 aromatic rings. The molecule has 0 aliphatic carbocycles. The Balaban J connectivity index is 1.45. The highest BCUT2D eigenvalue weighted by Crippen LogP contribution is 2.31. The van der Waals surface area contributed by atoms with Gasteiger partial charge in [0.25, 0.3) is 0 Å². The quantitative estimate of drug-likeness (QED) is 0.543. The summed E-state index contributed by atoms with van der Waals surface area (Å²) >= 11 is 1.40. The molecule has 1 amide bonds. The van der Waals surface area contributed by atoms with Crippen LogP contribution in [0.2, 0.25) is 0 Å². The summed E-state index contributed by atoms with van der Waals surface area (Å²) in [5.74, 6) is 0.237. The molecular weight excluding hydrogens is 384 g/mol. The third kappa shape index (κ3) is 4.22. The molecule has 0 spiro atoms. The minimum absolute atomic E-state index is 0.0304. The third-order valence-electron chi connectivity index (χ3n) is 4.45. The molecule has 0 fully saturated rings. The Morgan fingerprint density at radius 2 is 1.83 bits per heavy atom. The molecule has 0 atom stereocenters. The fourth-order valence-corrected chi connectivity index (χ4v) is 4.05. The van der Waals surface area contributed by atoms with Gasteiger partial charge in [-0.25, -0.2) is 4.98 Å². The number of nitrogens with zero attached hydrogens (tertiary/aromatic N) is 5. The summed E-state index contributed by atoms with van der Waals surface area (Å²) in [7, 11) is 0. The molecule has 1 N–H and O–H groups in total. The summed E-state index contributed by atoms with van der Waals surface area (Å²) in [6.07, 6.45) is 0. The van der Waals surface area contributed by atoms with E-state index in [0.29, 0.717) is 11.0 Å². The normalized spacial score (nSPS) is 10.9. The van der Waals surface area contributed by atoms with Crippen molar-refractivity contribution in [1.82, 2.24) is 25.2 Å². The van der Waals surface area contributed by atoms with E-state index in [4.69, 9.17) is 0 Å². The first kappa shape index (κ1) is 18.9. The van der Waals surface area contributed by atoms with Crippen LogP contribution < -0.4 is 5.32 Å². The fourth-order valence-electron chi connectivity index (χ4n) is 3.33. The molecule has 29 heavy (non-hydrogen) atoms. The van der Waals surface area contributed by atoms with Gasteiger partial charge in [-0.2, -0.15) is 4.80 Å². The van der Waals surface area contributed by atoms with E-state index in [1.54, 1.807) is 0 Å². The van der Waals surface area contributed by atoms with Crippen molar-refractivity contribution in [2.24, 2.45) is 0 Å². The average molecular weight is 404 g/mol. The average Bonchev–Trinajstić information content (AvgIpc) is 3.31. The number of anilines is 1. The summed E-state index contributed by atoms with van der Waals surface area (Å²) in [4.78, 5) is 18.2. The molecule has 0 aliphatic rings. The summed E-state index contributed by atoms with van der Waals surface area (Å²) in [6, 6.07) is 13.8. The van der Waals surface area contributed by atoms with Gasteiger partial charge in [-0.05, 0) is 37.1 Å². The Labute approximate surface area is 172 Å². The van der Waals surface area contributed by atoms with Gasteiger partial charge in [0.1, 0.15) is 6.54 Å². The number of hydrogen-bond acceptors (Lipinski definition) is 6. The summed E-state index contributed by atoms with van der Waals surface area (Å²) in [6.45, 7) is 6.20. The zero-order valence-electron chi connectivity index (χ0n) is 16.4. The van der Waals surface area contributed by atoms with Crippen molar-refractivity contribution in [3.8, 4) is 22.6 Å². The van der Waals surface area contributed by atoms with E-state index >= 15 is 0 Å². The zero-order chi connectivity index (χ0) is 20.4. The van der Waals surface area contributed by atoms with Gasteiger partial charge >= 0.3 is 0 Å². The number of carbonyl (C=O) groups excluding carboxylic acids is 1. The predicted octanol–water partition coefficient (Wildman–Crippen LogP) is 4.03. The number of tetrazole rings is 1. The lowest BCUT2D eigenvalue weighted by molar-refractivity contribution is -0.117. The number of aryl methyl sites for hydroxylation is 3. The smallest absolute Gasteiger partial charge is 0.249 e. The van der Waals surface area contributed by atoms with E-state index in [0.717, 1.165) is 16.8 Å². The maximum absolute atomic E-state index is 12.4. The van der Waals surface area contributed by atoms with Gasteiger partial charge < -0.3 is 5.32 Å². The molecule has 0 aliphatic heterocycles. The number of amides is 1. The lowest BCUT2D eigenvalue weighted by atomic mass is 9.98. The second kappa shape index (κ2) is 7.92. The summed E-state index contributed by atoms with van der Waals surface area (Å²) in [5.41, 5.74) is 6.40. The minimum Gasteiger partial charge on any atom is -0.300 e. The summed E-state index contributed by atoms with van der Waals surface area (Å²) in [5, 5.41) is 17.6. The highest BCUT2D eigenvalue weighted by Gasteiger charge is 2.14. The van der Waals surface area contributed by atoms with E-state index in [1.807, 2.05) is 35.7 Å². The molecule has 146 valence electrons. The second-order valence-corrected chi connectivity index (χ2v) is 7.73. The van der Waals surface area contributed by atoms with Gasteiger partial charge in [0.05, 0.1) is 5.69 Å². The molecule has 0 unspecified atom stereocenters. The minimum atomic E-state index is -0.250. The molecule has 2 heterocycles. The van der Waals surface area contributed by atoms with Crippen molar-refractivity contribution in [3.63, 3.8) is 0 Å². The van der Waals surface area contributed by atoms with Crippen molar-refractivity contribution < 1.29 is 4.79 Å². The number of rotatable bonds is 5. The number of carbonyl (C=O) groups is 1. The van der Waals surface area contributed by atoms with E-state index < -0.39 is 0 Å². The second-order valence-electron chi connectivity index (χ2n) is 6.87. The Bertz CT molecular complexity index is 1140. The van der Waals surface area contributed by atoms with Gasteiger partial charge in [0, 0.05) is 16.5 Å². The maximum Gasteiger partial charge on any atom is 0.249 e. The van der Waals surface area contributed by atoms with Crippen LogP contribution in [0, 0.1) is 20.8 Å². The molecule has 4 rings (SSSR count). The Kier molecular flexibility index (Phi) is 5.18. The molecule has 0 radical (unpaired) electrons. The Hall–Kier alpha value is -3.39. The van der Waals surface area contributed by atoms with Gasteiger partial charge in [-0.3, -0.25) is 4.79 Å². The molecule has 8 heteroatoms. The molecule has 7 nitrogen and oxygen atoms in total. The molecule has 2 aromatic heterocycles. The highest BCUT2D eigenvalue weighted by atomic mass is 32.1. The van der Waals surface area contributed by atoms with Crippen LogP contribution in [0.4, 0.5) is 5.13 Å². The van der Waals surface area contributed by atoms with Gasteiger partial charge in [-0.1, -0.05) is 48.0 Å². The zero-order valence-corrected chi connectivity index (χ0v) is 17.2. The van der Waals surface area contributed by atoms with E-state index in [9.17, 15) is 4.79 Å². The fraction of sp³-hybridized carbons (Fsp3) is 0.190. The summed E-state index contributed by atoms with van der Waals surface area (Å²) < 4.78 is 0. The third-order valence-corrected chi connectivity index (χ3v) is 5.21. The Morgan fingerprint density at radius 1 is 1.10 bits per heavy atom. The first-order valence-electron chi connectivity index (χ1n) is 9.16. The van der Waals surface area contributed by atoms with Crippen molar-refractivity contribution in [2.75, 3.05) is 5.32 Å². The molecule has 0 saturated carbocycles. The Morgan fingerprint density at radius 3 is 2.55 bits per heavy atom. The SMILES string of the molecule is Cc1cc(C)c(-c2csc(NC(=O)Cn3nnc(-c4ccccc4)n3)n2)c(C)c1. The van der Waals surface area contributed by atoms with E-state index in [1.165, 1.54) is 32.8 Å². The number of thiazole rings is 1. The first-order chi connectivity index (χ1) is 14.0. The first-order valence-corrected chi connectivity index (χ1v) is 10.0. The van der Waals surface area contributed by atoms with Crippen molar-refractivity contribution in [3.05, 3.63) is 64.5 Å². The van der Waals surface area contributed by atoms with Crippen LogP contribution in [0.15, 0.2) is 47.8 Å². The number of nitrogens with one attached hydrogen (secondary N) is 1. The monoisotopic (exact) mass is 404 g/mol. The van der Waals surface area contributed by atoms with Crippen molar-refractivity contribution in [1.29, 1.82) is 0 Å². The van der Waals surface area contributed by atoms with Crippen LogP contribution in [0.5, 0.6) is 0 Å². The lowest BCUT2D eigenvalue weighted by Crippen LogP contribution is -2.20. The van der Waals surface area contributed by atoms with Gasteiger partial charge in [0.15, 0.2) is 5.13 Å². The van der Waals surface area contributed by atoms with Crippen LogP contribution in [0.1, 0.15) is 16.7 Å². The van der Waals surface area contributed by atoms with E-state index in [2.05, 4.69) is 58.6 Å². The molecule has 0 bridgehead atoms. The molecule has 0 saturated heterocycles. The predicted molar refractivity (Wildman–Crippen MR) is 114 cm³/mol. The van der Waals surface area contributed by atoms with Crippen LogP contribution in [0.25, 0.3) is 22.6 Å².